The number of hydrogen-bond donors (Lipinski definition) is 3. The van der Waals surface area contributed by atoms with Crippen LogP contribution in [0.5, 0.6) is 0 Å². The molecule has 0 aliphatic heterocycles. The van der Waals surface area contributed by atoms with E-state index in [4.69, 9.17) is 10.8 Å². The van der Waals surface area contributed by atoms with Crippen molar-refractivity contribution in [2.45, 2.75) is 18.1 Å². The number of hydrogen-bond acceptors (Lipinski definition) is 3. The molecule has 54 valence electrons. The average Bonchev–Trinajstić information content (AvgIpc) is 1.65. The fourth-order valence-electron chi connectivity index (χ4n) is 0.388. The zero-order valence-electron chi connectivity index (χ0n) is 5.29. The minimum atomic E-state index is -0.964. The number of carboxylic acid groups (broad SMARTS) is 1. The molecule has 0 fully saturated rings. The summed E-state index contributed by atoms with van der Waals surface area (Å²) < 4.78 is -0.964. The lowest BCUT2D eigenvalue weighted by atomic mass is 10.1. The van der Waals surface area contributed by atoms with Gasteiger partial charge in [-0.3, -0.25) is 4.79 Å². The number of rotatable bonds is 3. The third-order valence-electron chi connectivity index (χ3n) is 1.09. The van der Waals surface area contributed by atoms with E-state index in [1.165, 1.54) is 6.92 Å². The van der Waals surface area contributed by atoms with E-state index >= 15 is 0 Å². The first kappa shape index (κ1) is 8.78. The first-order valence-electron chi connectivity index (χ1n) is 2.66. The van der Waals surface area contributed by atoms with Crippen LogP contribution in [-0.2, 0) is 4.79 Å². The van der Waals surface area contributed by atoms with Crippen LogP contribution >= 0.6 is 12.6 Å². The quantitative estimate of drug-likeness (QED) is 0.499. The minimum Gasteiger partial charge on any atom is -0.480 e. The summed E-state index contributed by atoms with van der Waals surface area (Å²) in [7, 11) is 0. The van der Waals surface area contributed by atoms with Gasteiger partial charge in [-0.1, -0.05) is 0 Å². The van der Waals surface area contributed by atoms with Gasteiger partial charge in [0.2, 0.25) is 0 Å². The van der Waals surface area contributed by atoms with Crippen LogP contribution in [0.4, 0.5) is 0 Å². The van der Waals surface area contributed by atoms with Gasteiger partial charge >= 0.3 is 5.97 Å². The number of nitrogens with two attached hydrogens (primary N) is 1. The molecule has 1 unspecified atom stereocenters. The Labute approximate surface area is 59.6 Å². The lowest BCUT2D eigenvalue weighted by Crippen LogP contribution is -2.31. The Morgan fingerprint density at radius 1 is 1.89 bits per heavy atom. The van der Waals surface area contributed by atoms with E-state index < -0.39 is 10.7 Å². The van der Waals surface area contributed by atoms with Crippen molar-refractivity contribution in [1.82, 2.24) is 0 Å². The molecule has 0 aromatic heterocycles. The summed E-state index contributed by atoms with van der Waals surface area (Å²) >= 11 is 3.88. The molecule has 4 heteroatoms. The highest BCUT2D eigenvalue weighted by molar-refractivity contribution is 7.82. The molecule has 0 aliphatic carbocycles. The molecule has 0 spiro atoms. The van der Waals surface area contributed by atoms with Gasteiger partial charge in [0.25, 0.3) is 0 Å². The number of aliphatic carboxylic acids is 1. The molecule has 0 rings (SSSR count). The maximum Gasteiger partial charge on any atom is 0.319 e. The molecule has 3 N–H and O–H groups in total. The van der Waals surface area contributed by atoms with Crippen molar-refractivity contribution >= 4 is 18.6 Å². The van der Waals surface area contributed by atoms with Crippen LogP contribution in [0.3, 0.4) is 0 Å². The Morgan fingerprint density at radius 2 is 2.33 bits per heavy atom. The Morgan fingerprint density at radius 3 is 2.44 bits per heavy atom. The highest BCUT2D eigenvalue weighted by atomic mass is 32.1. The summed E-state index contributed by atoms with van der Waals surface area (Å²) in [6, 6.07) is 0. The molecule has 0 aliphatic rings. The predicted molar refractivity (Wildman–Crippen MR) is 38.7 cm³/mol. The fourth-order valence-corrected chi connectivity index (χ4v) is 0.517. The van der Waals surface area contributed by atoms with Crippen molar-refractivity contribution < 1.29 is 9.90 Å². The number of thiol groups is 1. The predicted octanol–water partition coefficient (Wildman–Crippen LogP) is 0.108. The SMILES string of the molecule is CC(S)(CCN)C(=O)O. The van der Waals surface area contributed by atoms with E-state index in [1.54, 1.807) is 0 Å². The standard InChI is InChI=1S/C5H11NO2S/c1-5(9,2-3-6)4(7)8/h9H,2-3,6H2,1H3,(H,7,8). The molecular formula is C5H11NO2S. The van der Waals surface area contributed by atoms with Crippen LogP contribution in [-0.4, -0.2) is 22.4 Å². The second kappa shape index (κ2) is 3.08. The normalized spacial score (nSPS) is 16.8. The maximum absolute atomic E-state index is 10.3. The Hall–Kier alpha value is -0.220. The van der Waals surface area contributed by atoms with Gasteiger partial charge < -0.3 is 10.8 Å². The molecule has 0 aromatic rings. The second-order valence-electron chi connectivity index (χ2n) is 2.12. The lowest BCUT2D eigenvalue weighted by Gasteiger charge is -2.15. The molecule has 0 radical (unpaired) electrons. The molecule has 0 saturated carbocycles. The fraction of sp³-hybridized carbons (Fsp3) is 0.800. The molecule has 9 heavy (non-hydrogen) atoms. The number of carboxylic acids is 1. The summed E-state index contributed by atoms with van der Waals surface area (Å²) in [5.41, 5.74) is 5.14. The summed E-state index contributed by atoms with van der Waals surface area (Å²) in [5.74, 6) is -0.920. The smallest absolute Gasteiger partial charge is 0.319 e. The lowest BCUT2D eigenvalue weighted by molar-refractivity contribution is -0.139. The topological polar surface area (TPSA) is 63.3 Å². The van der Waals surface area contributed by atoms with Crippen molar-refractivity contribution in [2.24, 2.45) is 5.73 Å². The molecule has 1 atom stereocenters. The zero-order valence-corrected chi connectivity index (χ0v) is 6.19. The summed E-state index contributed by atoms with van der Waals surface area (Å²) in [4.78, 5) is 10.3. The molecule has 0 amide bonds. The summed E-state index contributed by atoms with van der Waals surface area (Å²) in [6.07, 6.45) is 0.394. The molecule has 0 aromatic carbocycles. The van der Waals surface area contributed by atoms with Gasteiger partial charge in [0.05, 0.1) is 0 Å². The highest BCUT2D eigenvalue weighted by Crippen LogP contribution is 2.16. The second-order valence-corrected chi connectivity index (χ2v) is 3.10. The largest absolute Gasteiger partial charge is 0.480 e. The Balaban J connectivity index is 3.85. The van der Waals surface area contributed by atoms with Crippen molar-refractivity contribution in [3.63, 3.8) is 0 Å². The van der Waals surface area contributed by atoms with Gasteiger partial charge in [-0.15, -0.1) is 0 Å². The van der Waals surface area contributed by atoms with Crippen LogP contribution in [0.2, 0.25) is 0 Å². The summed E-state index contributed by atoms with van der Waals surface area (Å²) in [5, 5.41) is 8.44. The van der Waals surface area contributed by atoms with E-state index in [0.29, 0.717) is 13.0 Å². The van der Waals surface area contributed by atoms with Gasteiger partial charge in [0, 0.05) is 0 Å². The van der Waals surface area contributed by atoms with E-state index in [9.17, 15) is 4.79 Å². The van der Waals surface area contributed by atoms with Gasteiger partial charge in [0.1, 0.15) is 4.75 Å². The van der Waals surface area contributed by atoms with Gasteiger partial charge in [-0.05, 0) is 19.9 Å². The van der Waals surface area contributed by atoms with Gasteiger partial charge in [0.15, 0.2) is 0 Å². The molecule has 0 saturated heterocycles. The van der Waals surface area contributed by atoms with Crippen LogP contribution in [0.1, 0.15) is 13.3 Å². The van der Waals surface area contributed by atoms with E-state index in [-0.39, 0.29) is 0 Å². The zero-order chi connectivity index (χ0) is 7.49. The molecular weight excluding hydrogens is 138 g/mol. The van der Waals surface area contributed by atoms with Gasteiger partial charge in [-0.25, -0.2) is 0 Å². The van der Waals surface area contributed by atoms with Crippen LogP contribution in [0.25, 0.3) is 0 Å². The molecule has 0 heterocycles. The van der Waals surface area contributed by atoms with Gasteiger partial charge in [-0.2, -0.15) is 12.6 Å². The van der Waals surface area contributed by atoms with E-state index in [0.717, 1.165) is 0 Å². The van der Waals surface area contributed by atoms with Crippen molar-refractivity contribution in [2.75, 3.05) is 6.54 Å². The first-order valence-corrected chi connectivity index (χ1v) is 3.11. The first-order chi connectivity index (χ1) is 4.00. The van der Waals surface area contributed by atoms with Crippen LogP contribution in [0, 0.1) is 0 Å². The van der Waals surface area contributed by atoms with E-state index in [2.05, 4.69) is 12.6 Å². The maximum atomic E-state index is 10.3. The average molecular weight is 149 g/mol. The Kier molecular flexibility index (Phi) is 3.00. The monoisotopic (exact) mass is 149 g/mol. The summed E-state index contributed by atoms with van der Waals surface area (Å²) in [6.45, 7) is 1.89. The highest BCUT2D eigenvalue weighted by Gasteiger charge is 2.26. The van der Waals surface area contributed by atoms with Crippen molar-refractivity contribution in [3.05, 3.63) is 0 Å². The van der Waals surface area contributed by atoms with Crippen molar-refractivity contribution in [3.8, 4) is 0 Å². The Bertz CT molecular complexity index is 114. The van der Waals surface area contributed by atoms with Crippen LogP contribution < -0.4 is 5.73 Å². The molecule has 3 nitrogen and oxygen atoms in total. The molecule has 0 bridgehead atoms. The third-order valence-corrected chi connectivity index (χ3v) is 1.51. The van der Waals surface area contributed by atoms with Crippen LogP contribution in [0.15, 0.2) is 0 Å². The number of carbonyl (C=O) groups is 1. The van der Waals surface area contributed by atoms with E-state index in [1.807, 2.05) is 0 Å². The minimum absolute atomic E-state index is 0.353. The van der Waals surface area contributed by atoms with Crippen molar-refractivity contribution in [1.29, 1.82) is 0 Å². The third kappa shape index (κ3) is 2.72.